The summed E-state index contributed by atoms with van der Waals surface area (Å²) in [6.45, 7) is 2.06. The van der Waals surface area contributed by atoms with Crippen LogP contribution in [0.25, 0.3) is 5.82 Å². The average Bonchev–Trinajstić information content (AvgIpc) is 2.76. The Morgan fingerprint density at radius 3 is 2.93 bits per heavy atom. The summed E-state index contributed by atoms with van der Waals surface area (Å²) in [6.07, 6.45) is 6.28. The fourth-order valence-electron chi connectivity index (χ4n) is 1.51. The highest BCUT2D eigenvalue weighted by molar-refractivity contribution is 5.40. The van der Waals surface area contributed by atoms with Crippen molar-refractivity contribution in [2.24, 2.45) is 0 Å². The predicted molar refractivity (Wildman–Crippen MR) is 57.3 cm³/mol. The van der Waals surface area contributed by atoms with Crippen LogP contribution in [-0.2, 0) is 6.42 Å². The Hall–Kier alpha value is -1.84. The van der Waals surface area contributed by atoms with E-state index in [9.17, 15) is 0 Å². The van der Waals surface area contributed by atoms with Crippen LogP contribution in [-0.4, -0.2) is 21.6 Å². The molecular weight excluding hydrogens is 190 g/mol. The topological polar surface area (TPSA) is 39.9 Å². The number of nitrogens with zero attached hydrogens (tertiary/aromatic N) is 3. The lowest BCUT2D eigenvalue weighted by Gasteiger charge is -2.09. The Morgan fingerprint density at radius 1 is 1.33 bits per heavy atom. The number of imidazole rings is 1. The van der Waals surface area contributed by atoms with E-state index in [4.69, 9.17) is 4.74 Å². The first-order valence-corrected chi connectivity index (χ1v) is 4.88. The summed E-state index contributed by atoms with van der Waals surface area (Å²) in [5, 5.41) is 0. The predicted octanol–water partition coefficient (Wildman–Crippen LogP) is 1.84. The van der Waals surface area contributed by atoms with Gasteiger partial charge in [-0.25, -0.2) is 9.97 Å². The lowest BCUT2D eigenvalue weighted by Crippen LogP contribution is -2.03. The van der Waals surface area contributed by atoms with Crippen LogP contribution in [0.5, 0.6) is 5.75 Å². The van der Waals surface area contributed by atoms with Crippen LogP contribution >= 0.6 is 0 Å². The number of rotatable bonds is 3. The lowest BCUT2D eigenvalue weighted by atomic mass is 10.4. The summed E-state index contributed by atoms with van der Waals surface area (Å²) in [4.78, 5) is 8.55. The first kappa shape index (κ1) is 9.71. The summed E-state index contributed by atoms with van der Waals surface area (Å²) < 4.78 is 7.20. The van der Waals surface area contributed by atoms with E-state index < -0.39 is 0 Å². The molecule has 4 nitrogen and oxygen atoms in total. The largest absolute Gasteiger partial charge is 0.493 e. The molecule has 15 heavy (non-hydrogen) atoms. The van der Waals surface area contributed by atoms with Crippen LogP contribution in [0.1, 0.15) is 12.7 Å². The molecule has 78 valence electrons. The van der Waals surface area contributed by atoms with Gasteiger partial charge in [-0.2, -0.15) is 0 Å². The highest BCUT2D eigenvalue weighted by Gasteiger charge is 2.08. The van der Waals surface area contributed by atoms with E-state index in [-0.39, 0.29) is 0 Å². The average molecular weight is 203 g/mol. The highest BCUT2D eigenvalue weighted by Crippen LogP contribution is 2.20. The molecule has 0 N–H and O–H groups in total. The van der Waals surface area contributed by atoms with Gasteiger partial charge in [0, 0.05) is 25.0 Å². The third-order valence-electron chi connectivity index (χ3n) is 2.23. The minimum absolute atomic E-state index is 0.755. The van der Waals surface area contributed by atoms with Gasteiger partial charge >= 0.3 is 0 Å². The quantitative estimate of drug-likeness (QED) is 0.764. The van der Waals surface area contributed by atoms with E-state index in [1.54, 1.807) is 19.5 Å². The zero-order valence-electron chi connectivity index (χ0n) is 8.84. The van der Waals surface area contributed by atoms with Crippen molar-refractivity contribution in [1.82, 2.24) is 14.5 Å². The fourth-order valence-corrected chi connectivity index (χ4v) is 1.51. The molecule has 0 atom stereocenters. The Bertz CT molecular complexity index is 451. The van der Waals surface area contributed by atoms with E-state index >= 15 is 0 Å². The second kappa shape index (κ2) is 4.13. The van der Waals surface area contributed by atoms with Gasteiger partial charge < -0.3 is 4.74 Å². The minimum atomic E-state index is 0.755. The number of methoxy groups -OCH3 is 1. The normalized spacial score (nSPS) is 10.3. The summed E-state index contributed by atoms with van der Waals surface area (Å²) in [6, 6.07) is 3.74. The van der Waals surface area contributed by atoms with Gasteiger partial charge in [-0.1, -0.05) is 6.92 Å². The van der Waals surface area contributed by atoms with Crippen molar-refractivity contribution in [3.05, 3.63) is 36.5 Å². The summed E-state index contributed by atoms with van der Waals surface area (Å²) >= 11 is 0. The molecular formula is C11H13N3O. The molecule has 0 spiro atoms. The summed E-state index contributed by atoms with van der Waals surface area (Å²) in [5.41, 5.74) is 0. The van der Waals surface area contributed by atoms with Gasteiger partial charge in [0.05, 0.1) is 7.11 Å². The Balaban J connectivity index is 2.53. The van der Waals surface area contributed by atoms with Crippen LogP contribution in [0, 0.1) is 0 Å². The van der Waals surface area contributed by atoms with Crippen molar-refractivity contribution in [2.45, 2.75) is 13.3 Å². The molecule has 0 aliphatic heterocycles. The van der Waals surface area contributed by atoms with Crippen molar-refractivity contribution < 1.29 is 4.74 Å². The van der Waals surface area contributed by atoms with Crippen LogP contribution in [0.4, 0.5) is 0 Å². The number of pyridine rings is 1. The Morgan fingerprint density at radius 2 is 2.20 bits per heavy atom. The molecule has 0 aliphatic rings. The van der Waals surface area contributed by atoms with E-state index in [2.05, 4.69) is 16.9 Å². The number of aryl methyl sites for hydroxylation is 1. The summed E-state index contributed by atoms with van der Waals surface area (Å²) in [5.74, 6) is 2.52. The first-order valence-electron chi connectivity index (χ1n) is 4.88. The smallest absolute Gasteiger partial charge is 0.181 e. The van der Waals surface area contributed by atoms with Crippen molar-refractivity contribution in [2.75, 3.05) is 7.11 Å². The van der Waals surface area contributed by atoms with Gasteiger partial charge in [-0.15, -0.1) is 0 Å². The summed E-state index contributed by atoms with van der Waals surface area (Å²) in [7, 11) is 1.64. The molecule has 0 aromatic carbocycles. The molecule has 0 fully saturated rings. The molecule has 2 aromatic heterocycles. The van der Waals surface area contributed by atoms with Crippen LogP contribution in [0.2, 0.25) is 0 Å². The standard InChI is InChI=1S/C11H13N3O/c1-3-10-12-7-8-14(10)11-9(15-2)5-4-6-13-11/h4-8H,3H2,1-2H3. The Labute approximate surface area is 88.6 Å². The second-order valence-electron chi connectivity index (χ2n) is 3.10. The van der Waals surface area contributed by atoms with Gasteiger partial charge in [-0.3, -0.25) is 4.57 Å². The van der Waals surface area contributed by atoms with E-state index in [1.807, 2.05) is 22.9 Å². The van der Waals surface area contributed by atoms with Crippen molar-refractivity contribution in [3.63, 3.8) is 0 Å². The van der Waals surface area contributed by atoms with Gasteiger partial charge in [0.2, 0.25) is 0 Å². The van der Waals surface area contributed by atoms with Gasteiger partial charge in [0.25, 0.3) is 0 Å². The lowest BCUT2D eigenvalue weighted by molar-refractivity contribution is 0.410. The Kier molecular flexibility index (Phi) is 2.67. The van der Waals surface area contributed by atoms with Crippen molar-refractivity contribution in [1.29, 1.82) is 0 Å². The van der Waals surface area contributed by atoms with Crippen LogP contribution in [0.15, 0.2) is 30.7 Å². The van der Waals surface area contributed by atoms with Gasteiger partial charge in [0.15, 0.2) is 11.6 Å². The molecule has 0 amide bonds. The maximum Gasteiger partial charge on any atom is 0.181 e. The van der Waals surface area contributed by atoms with Crippen molar-refractivity contribution >= 4 is 0 Å². The van der Waals surface area contributed by atoms with Crippen LogP contribution < -0.4 is 4.74 Å². The van der Waals surface area contributed by atoms with Gasteiger partial charge in [0.1, 0.15) is 5.82 Å². The number of aromatic nitrogens is 3. The zero-order chi connectivity index (χ0) is 10.7. The number of ether oxygens (including phenoxy) is 1. The molecule has 2 rings (SSSR count). The molecule has 2 heterocycles. The molecule has 0 radical (unpaired) electrons. The second-order valence-corrected chi connectivity index (χ2v) is 3.10. The van der Waals surface area contributed by atoms with Gasteiger partial charge in [-0.05, 0) is 12.1 Å². The van der Waals surface area contributed by atoms with Crippen LogP contribution in [0.3, 0.4) is 0 Å². The molecule has 4 heteroatoms. The van der Waals surface area contributed by atoms with E-state index in [0.717, 1.165) is 23.8 Å². The maximum atomic E-state index is 5.26. The SMILES string of the molecule is CCc1nccn1-c1ncccc1OC. The fraction of sp³-hybridized carbons (Fsp3) is 0.273. The van der Waals surface area contributed by atoms with Crippen molar-refractivity contribution in [3.8, 4) is 11.6 Å². The molecule has 0 bridgehead atoms. The third-order valence-corrected chi connectivity index (χ3v) is 2.23. The monoisotopic (exact) mass is 203 g/mol. The molecule has 0 saturated carbocycles. The number of hydrogen-bond acceptors (Lipinski definition) is 3. The number of hydrogen-bond donors (Lipinski definition) is 0. The maximum absolute atomic E-state index is 5.26. The third kappa shape index (κ3) is 1.70. The van der Waals surface area contributed by atoms with E-state index in [1.165, 1.54) is 0 Å². The minimum Gasteiger partial charge on any atom is -0.493 e. The van der Waals surface area contributed by atoms with E-state index in [0.29, 0.717) is 0 Å². The molecule has 0 saturated heterocycles. The molecule has 0 aliphatic carbocycles. The zero-order valence-corrected chi connectivity index (χ0v) is 8.84. The highest BCUT2D eigenvalue weighted by atomic mass is 16.5. The molecule has 2 aromatic rings. The molecule has 0 unspecified atom stereocenters. The first-order chi connectivity index (χ1) is 7.36.